The van der Waals surface area contributed by atoms with Gasteiger partial charge >= 0.3 is 0 Å². The van der Waals surface area contributed by atoms with Gasteiger partial charge in [0.2, 0.25) is 0 Å². The first-order chi connectivity index (χ1) is 6.79. The van der Waals surface area contributed by atoms with Gasteiger partial charge in [-0.3, -0.25) is 5.10 Å². The van der Waals surface area contributed by atoms with E-state index in [1.54, 1.807) is 0 Å². The molecule has 78 valence electrons. The van der Waals surface area contributed by atoms with Crippen LogP contribution in [0.25, 0.3) is 0 Å². The van der Waals surface area contributed by atoms with E-state index in [9.17, 15) is 0 Å². The fraction of sp³-hybridized carbons (Fsp3) is 0.700. The van der Waals surface area contributed by atoms with Crippen LogP contribution in [0.1, 0.15) is 18.5 Å². The Kier molecular flexibility index (Phi) is 2.72. The molecule has 0 amide bonds. The summed E-state index contributed by atoms with van der Waals surface area (Å²) in [6.07, 6.45) is 2.39. The van der Waals surface area contributed by atoms with E-state index in [2.05, 4.69) is 21.2 Å². The number of hydrogen-bond donors (Lipinski definition) is 2. The highest BCUT2D eigenvalue weighted by Gasteiger charge is 2.19. The van der Waals surface area contributed by atoms with E-state index in [1.165, 1.54) is 12.8 Å². The van der Waals surface area contributed by atoms with Crippen molar-refractivity contribution >= 4 is 5.82 Å². The molecule has 0 radical (unpaired) electrons. The lowest BCUT2D eigenvalue weighted by Gasteiger charge is -2.31. The van der Waals surface area contributed by atoms with Crippen molar-refractivity contribution in [1.82, 2.24) is 10.2 Å². The van der Waals surface area contributed by atoms with Crippen LogP contribution < -0.4 is 10.6 Å². The van der Waals surface area contributed by atoms with E-state index < -0.39 is 0 Å². The van der Waals surface area contributed by atoms with Crippen molar-refractivity contribution in [3.63, 3.8) is 0 Å². The molecule has 0 saturated carbocycles. The Labute approximate surface area is 84.5 Å². The molecule has 1 aliphatic rings. The zero-order valence-electron chi connectivity index (χ0n) is 8.66. The summed E-state index contributed by atoms with van der Waals surface area (Å²) in [5.41, 5.74) is 6.78. The average Bonchev–Trinajstić information content (AvgIpc) is 2.65. The minimum atomic E-state index is 0.714. The monoisotopic (exact) mass is 194 g/mol. The third-order valence-electron chi connectivity index (χ3n) is 2.96. The van der Waals surface area contributed by atoms with Crippen molar-refractivity contribution in [2.24, 2.45) is 11.7 Å². The maximum atomic E-state index is 5.65. The van der Waals surface area contributed by atoms with Crippen molar-refractivity contribution in [3.05, 3.63) is 11.8 Å². The van der Waals surface area contributed by atoms with Gasteiger partial charge < -0.3 is 10.6 Å². The number of aromatic nitrogens is 2. The van der Waals surface area contributed by atoms with E-state index in [1.807, 2.05) is 6.92 Å². The highest BCUT2D eigenvalue weighted by molar-refractivity contribution is 5.39. The molecule has 3 N–H and O–H groups in total. The first-order valence-electron chi connectivity index (χ1n) is 5.26. The minimum absolute atomic E-state index is 0.714. The second kappa shape index (κ2) is 4.00. The standard InChI is InChI=1S/C10H18N4/c1-8-6-10(13-12-8)14-4-2-9(7-11)3-5-14/h6,9H,2-5,7,11H2,1H3,(H,12,13). The van der Waals surface area contributed by atoms with Gasteiger partial charge in [0.05, 0.1) is 0 Å². The number of H-pyrrole nitrogens is 1. The van der Waals surface area contributed by atoms with E-state index in [4.69, 9.17) is 5.73 Å². The molecule has 4 nitrogen and oxygen atoms in total. The van der Waals surface area contributed by atoms with E-state index >= 15 is 0 Å². The van der Waals surface area contributed by atoms with E-state index in [-0.39, 0.29) is 0 Å². The number of nitrogens with one attached hydrogen (secondary N) is 1. The zero-order valence-corrected chi connectivity index (χ0v) is 8.66. The Bertz CT molecular complexity index is 286. The second-order valence-electron chi connectivity index (χ2n) is 4.08. The molecule has 2 heterocycles. The molecule has 4 heteroatoms. The van der Waals surface area contributed by atoms with Crippen molar-refractivity contribution in [2.45, 2.75) is 19.8 Å². The smallest absolute Gasteiger partial charge is 0.150 e. The van der Waals surface area contributed by atoms with Crippen LogP contribution in [0, 0.1) is 12.8 Å². The normalized spacial score (nSPS) is 18.9. The lowest BCUT2D eigenvalue weighted by molar-refractivity contribution is 0.413. The molecule has 0 aliphatic carbocycles. The van der Waals surface area contributed by atoms with Crippen LogP contribution in [0.2, 0.25) is 0 Å². The molecular weight excluding hydrogens is 176 g/mol. The number of piperidine rings is 1. The molecule has 1 aliphatic heterocycles. The number of aromatic amines is 1. The predicted molar refractivity (Wildman–Crippen MR) is 57.3 cm³/mol. The van der Waals surface area contributed by atoms with Gasteiger partial charge in [-0.25, -0.2) is 0 Å². The van der Waals surface area contributed by atoms with Crippen LogP contribution in [0.15, 0.2) is 6.07 Å². The molecule has 2 rings (SSSR count). The van der Waals surface area contributed by atoms with Crippen LogP contribution in [0.4, 0.5) is 5.82 Å². The van der Waals surface area contributed by atoms with Gasteiger partial charge in [0, 0.05) is 24.8 Å². The summed E-state index contributed by atoms with van der Waals surface area (Å²) in [7, 11) is 0. The highest BCUT2D eigenvalue weighted by Crippen LogP contribution is 2.21. The molecule has 14 heavy (non-hydrogen) atoms. The summed E-state index contributed by atoms with van der Waals surface area (Å²) in [4.78, 5) is 2.33. The van der Waals surface area contributed by atoms with Gasteiger partial charge in [-0.2, -0.15) is 5.10 Å². The lowest BCUT2D eigenvalue weighted by Crippen LogP contribution is -2.36. The summed E-state index contributed by atoms with van der Waals surface area (Å²) >= 11 is 0. The number of rotatable bonds is 2. The van der Waals surface area contributed by atoms with Gasteiger partial charge in [-0.1, -0.05) is 0 Å². The molecular formula is C10H18N4. The van der Waals surface area contributed by atoms with E-state index in [0.717, 1.165) is 31.1 Å². The topological polar surface area (TPSA) is 57.9 Å². The molecule has 1 fully saturated rings. The molecule has 1 aromatic rings. The number of nitrogens with two attached hydrogens (primary N) is 1. The predicted octanol–water partition coefficient (Wildman–Crippen LogP) is 0.893. The molecule has 0 aromatic carbocycles. The number of aryl methyl sites for hydroxylation is 1. The molecule has 0 spiro atoms. The van der Waals surface area contributed by atoms with Gasteiger partial charge in [0.25, 0.3) is 0 Å². The third-order valence-corrected chi connectivity index (χ3v) is 2.96. The van der Waals surface area contributed by atoms with Gasteiger partial charge in [0.1, 0.15) is 0 Å². The molecule has 0 bridgehead atoms. The Hall–Kier alpha value is -1.03. The Morgan fingerprint density at radius 3 is 2.79 bits per heavy atom. The van der Waals surface area contributed by atoms with Crippen molar-refractivity contribution < 1.29 is 0 Å². The largest absolute Gasteiger partial charge is 0.355 e. The summed E-state index contributed by atoms with van der Waals surface area (Å²) < 4.78 is 0. The SMILES string of the molecule is Cc1cc(N2CCC(CN)CC2)n[nH]1. The number of nitrogens with zero attached hydrogens (tertiary/aromatic N) is 2. The maximum Gasteiger partial charge on any atom is 0.150 e. The van der Waals surface area contributed by atoms with Crippen LogP contribution in [-0.2, 0) is 0 Å². The van der Waals surface area contributed by atoms with Crippen LogP contribution in [0.5, 0.6) is 0 Å². The van der Waals surface area contributed by atoms with Crippen LogP contribution >= 0.6 is 0 Å². The molecule has 0 atom stereocenters. The second-order valence-corrected chi connectivity index (χ2v) is 4.08. The quantitative estimate of drug-likeness (QED) is 0.735. The summed E-state index contributed by atoms with van der Waals surface area (Å²) in [6, 6.07) is 2.10. The van der Waals surface area contributed by atoms with Crippen molar-refractivity contribution in [3.8, 4) is 0 Å². The molecule has 1 saturated heterocycles. The van der Waals surface area contributed by atoms with Crippen molar-refractivity contribution in [2.75, 3.05) is 24.5 Å². The fourth-order valence-electron chi connectivity index (χ4n) is 1.96. The van der Waals surface area contributed by atoms with Crippen molar-refractivity contribution in [1.29, 1.82) is 0 Å². The molecule has 1 aromatic heterocycles. The van der Waals surface area contributed by atoms with Gasteiger partial charge in [0.15, 0.2) is 5.82 Å². The lowest BCUT2D eigenvalue weighted by atomic mass is 9.97. The minimum Gasteiger partial charge on any atom is -0.355 e. The first-order valence-corrected chi connectivity index (χ1v) is 5.26. The Balaban J connectivity index is 1.95. The summed E-state index contributed by atoms with van der Waals surface area (Å²) in [5, 5.41) is 7.23. The molecule has 0 unspecified atom stereocenters. The van der Waals surface area contributed by atoms with Gasteiger partial charge in [-0.05, 0) is 32.2 Å². The first kappa shape index (κ1) is 9.52. The van der Waals surface area contributed by atoms with E-state index in [0.29, 0.717) is 5.92 Å². The zero-order chi connectivity index (χ0) is 9.97. The number of hydrogen-bond acceptors (Lipinski definition) is 3. The van der Waals surface area contributed by atoms with Gasteiger partial charge in [-0.15, -0.1) is 0 Å². The van der Waals surface area contributed by atoms with Crippen LogP contribution in [-0.4, -0.2) is 29.8 Å². The summed E-state index contributed by atoms with van der Waals surface area (Å²) in [6.45, 7) is 5.04. The Morgan fingerprint density at radius 2 is 2.29 bits per heavy atom. The maximum absolute atomic E-state index is 5.65. The highest BCUT2D eigenvalue weighted by atomic mass is 15.3. The average molecular weight is 194 g/mol. The third kappa shape index (κ3) is 1.90. The van der Waals surface area contributed by atoms with Crippen LogP contribution in [0.3, 0.4) is 0 Å². The number of anilines is 1. The fourth-order valence-corrected chi connectivity index (χ4v) is 1.96. The summed E-state index contributed by atoms with van der Waals surface area (Å²) in [5.74, 6) is 1.80. The Morgan fingerprint density at radius 1 is 1.57 bits per heavy atom.